The quantitative estimate of drug-likeness (QED) is 0.875. The van der Waals surface area contributed by atoms with Crippen molar-refractivity contribution < 1.29 is 14.3 Å². The van der Waals surface area contributed by atoms with Gasteiger partial charge in [0, 0.05) is 12.5 Å². The molecule has 1 unspecified atom stereocenters. The molecule has 1 aliphatic carbocycles. The summed E-state index contributed by atoms with van der Waals surface area (Å²) in [7, 11) is 2.10. The van der Waals surface area contributed by atoms with E-state index in [2.05, 4.69) is 36.2 Å². The molecule has 1 aromatic heterocycles. The Morgan fingerprint density at radius 2 is 2.08 bits per heavy atom. The summed E-state index contributed by atoms with van der Waals surface area (Å²) in [4.78, 5) is 25.1. The van der Waals surface area contributed by atoms with Gasteiger partial charge >= 0.3 is 11.6 Å². The Labute approximate surface area is 146 Å². The number of hydrogen-bond acceptors (Lipinski definition) is 4. The first-order valence-corrected chi connectivity index (χ1v) is 8.68. The minimum Gasteiger partial charge on any atom is -0.477 e. The van der Waals surface area contributed by atoms with Crippen LogP contribution in [0.5, 0.6) is 0 Å². The van der Waals surface area contributed by atoms with Crippen LogP contribution in [0.2, 0.25) is 0 Å². The maximum Gasteiger partial charge on any atom is 0.350 e. The molecular weight excluding hydrogens is 318 g/mol. The number of nitrogens with zero attached hydrogens (tertiary/aromatic N) is 1. The minimum absolute atomic E-state index is 0.270. The zero-order valence-electron chi connectivity index (χ0n) is 14.4. The lowest BCUT2D eigenvalue weighted by Gasteiger charge is -2.31. The van der Waals surface area contributed by atoms with Crippen molar-refractivity contribution >= 4 is 5.97 Å². The zero-order valence-corrected chi connectivity index (χ0v) is 14.4. The van der Waals surface area contributed by atoms with Crippen LogP contribution in [0, 0.1) is 0 Å². The van der Waals surface area contributed by atoms with Crippen LogP contribution in [0.4, 0.5) is 0 Å². The smallest absolute Gasteiger partial charge is 0.350 e. The molecule has 1 aliphatic rings. The molecule has 2 aromatic rings. The molecule has 5 nitrogen and oxygen atoms in total. The average Bonchev–Trinajstić information content (AvgIpc) is 2.61. The summed E-state index contributed by atoms with van der Waals surface area (Å²) in [6.45, 7) is 0.979. The van der Waals surface area contributed by atoms with Crippen molar-refractivity contribution in [3.05, 3.63) is 69.3 Å². The van der Waals surface area contributed by atoms with Gasteiger partial charge in [-0.1, -0.05) is 30.3 Å². The van der Waals surface area contributed by atoms with Gasteiger partial charge in [-0.25, -0.2) is 9.59 Å². The molecule has 0 bridgehead atoms. The van der Waals surface area contributed by atoms with Gasteiger partial charge in [-0.15, -0.1) is 0 Å². The number of hydrogen-bond donors (Lipinski definition) is 1. The molecule has 0 amide bonds. The lowest BCUT2D eigenvalue weighted by atomic mass is 9.91. The van der Waals surface area contributed by atoms with Crippen LogP contribution in [0.3, 0.4) is 0 Å². The van der Waals surface area contributed by atoms with Crippen LogP contribution < -0.4 is 5.63 Å². The first-order valence-electron chi connectivity index (χ1n) is 8.68. The third-order valence-electron chi connectivity index (χ3n) is 4.95. The summed E-state index contributed by atoms with van der Waals surface area (Å²) in [6.07, 6.45) is 4.47. The summed E-state index contributed by atoms with van der Waals surface area (Å²) >= 11 is 0. The molecule has 1 aromatic carbocycles. The molecule has 25 heavy (non-hydrogen) atoms. The number of carboxylic acids is 1. The molecule has 0 spiro atoms. The molecule has 1 N–H and O–H groups in total. The number of aryl methyl sites for hydroxylation is 2. The standard InChI is InChI=1S/C20H23NO4/c1-21(11-5-8-14-6-3-2-4-7-14)16-10-9-15-12-17(19(22)23)20(24)25-18(15)13-16/h2-4,6-7,12,16H,5,8-11,13H2,1H3,(H,22,23). The minimum atomic E-state index is -1.23. The van der Waals surface area contributed by atoms with Gasteiger partial charge in [0.25, 0.3) is 0 Å². The zero-order chi connectivity index (χ0) is 17.8. The summed E-state index contributed by atoms with van der Waals surface area (Å²) in [5.74, 6) is -0.585. The molecular formula is C20H23NO4. The van der Waals surface area contributed by atoms with Crippen molar-refractivity contribution in [3.63, 3.8) is 0 Å². The van der Waals surface area contributed by atoms with E-state index < -0.39 is 11.6 Å². The van der Waals surface area contributed by atoms with Crippen LogP contribution in [0.25, 0.3) is 0 Å². The molecule has 132 valence electrons. The van der Waals surface area contributed by atoms with E-state index in [1.165, 1.54) is 11.6 Å². The molecule has 5 heteroatoms. The highest BCUT2D eigenvalue weighted by molar-refractivity contribution is 5.87. The van der Waals surface area contributed by atoms with E-state index in [4.69, 9.17) is 9.52 Å². The van der Waals surface area contributed by atoms with Gasteiger partial charge in [0.05, 0.1) is 0 Å². The maximum absolute atomic E-state index is 11.8. The number of likely N-dealkylation sites (N-methyl/N-ethyl adjacent to an activating group) is 1. The monoisotopic (exact) mass is 341 g/mol. The lowest BCUT2D eigenvalue weighted by Crippen LogP contribution is -2.37. The van der Waals surface area contributed by atoms with Gasteiger partial charge in [-0.2, -0.15) is 0 Å². The molecule has 0 aliphatic heterocycles. The second-order valence-corrected chi connectivity index (χ2v) is 6.67. The summed E-state index contributed by atoms with van der Waals surface area (Å²) in [6, 6.07) is 12.2. The van der Waals surface area contributed by atoms with Gasteiger partial charge in [-0.05, 0) is 56.5 Å². The molecule has 3 rings (SSSR count). The topological polar surface area (TPSA) is 70.8 Å². The van der Waals surface area contributed by atoms with Crippen molar-refractivity contribution in [3.8, 4) is 0 Å². The molecule has 1 atom stereocenters. The maximum atomic E-state index is 11.8. The number of fused-ring (bicyclic) bond motifs is 1. The van der Waals surface area contributed by atoms with Gasteiger partial charge in [0.15, 0.2) is 0 Å². The third kappa shape index (κ3) is 4.17. The van der Waals surface area contributed by atoms with E-state index >= 15 is 0 Å². The lowest BCUT2D eigenvalue weighted by molar-refractivity contribution is 0.0691. The predicted molar refractivity (Wildman–Crippen MR) is 95.1 cm³/mol. The Kier molecular flexibility index (Phi) is 5.34. The largest absolute Gasteiger partial charge is 0.477 e. The first-order chi connectivity index (χ1) is 12.0. The average molecular weight is 341 g/mol. The Balaban J connectivity index is 1.59. The second kappa shape index (κ2) is 7.66. The van der Waals surface area contributed by atoms with Crippen molar-refractivity contribution in [2.75, 3.05) is 13.6 Å². The third-order valence-corrected chi connectivity index (χ3v) is 4.95. The van der Waals surface area contributed by atoms with Gasteiger partial charge in [0.1, 0.15) is 11.3 Å². The number of aromatic carboxylic acids is 1. The first kappa shape index (κ1) is 17.4. The van der Waals surface area contributed by atoms with Crippen LogP contribution in [0.15, 0.2) is 45.6 Å². The Morgan fingerprint density at radius 3 is 2.80 bits per heavy atom. The predicted octanol–water partition coefficient (Wildman–Crippen LogP) is 2.76. The molecule has 1 heterocycles. The van der Waals surface area contributed by atoms with E-state index in [0.717, 1.165) is 37.8 Å². The number of rotatable bonds is 6. The highest BCUT2D eigenvalue weighted by Gasteiger charge is 2.26. The van der Waals surface area contributed by atoms with E-state index in [1.54, 1.807) is 0 Å². The van der Waals surface area contributed by atoms with Crippen LogP contribution in [-0.2, 0) is 19.3 Å². The normalized spacial score (nSPS) is 16.6. The summed E-state index contributed by atoms with van der Waals surface area (Å²) < 4.78 is 5.28. The van der Waals surface area contributed by atoms with E-state index in [9.17, 15) is 9.59 Å². The molecule has 0 saturated heterocycles. The number of carboxylic acid groups (broad SMARTS) is 1. The highest BCUT2D eigenvalue weighted by atomic mass is 16.4. The van der Waals surface area contributed by atoms with E-state index in [-0.39, 0.29) is 5.56 Å². The molecule has 0 fully saturated rings. The number of benzene rings is 1. The number of carbonyl (C=O) groups is 1. The summed E-state index contributed by atoms with van der Waals surface area (Å²) in [5.41, 5.74) is 1.18. The highest BCUT2D eigenvalue weighted by Crippen LogP contribution is 2.24. The van der Waals surface area contributed by atoms with Crippen molar-refractivity contribution in [1.82, 2.24) is 4.90 Å². The molecule has 0 radical (unpaired) electrons. The Hall–Kier alpha value is -2.40. The van der Waals surface area contributed by atoms with Crippen LogP contribution in [-0.4, -0.2) is 35.6 Å². The van der Waals surface area contributed by atoms with Gasteiger partial charge in [-0.3, -0.25) is 0 Å². The Bertz CT molecular complexity index is 797. The Morgan fingerprint density at radius 1 is 1.32 bits per heavy atom. The molecule has 0 saturated carbocycles. The fourth-order valence-corrected chi connectivity index (χ4v) is 3.45. The van der Waals surface area contributed by atoms with Gasteiger partial charge in [0.2, 0.25) is 0 Å². The fourth-order valence-electron chi connectivity index (χ4n) is 3.45. The van der Waals surface area contributed by atoms with Gasteiger partial charge < -0.3 is 14.4 Å². The SMILES string of the molecule is CN(CCCc1ccccc1)C1CCc2cc(C(=O)O)c(=O)oc2C1. The van der Waals surface area contributed by atoms with Crippen LogP contribution >= 0.6 is 0 Å². The summed E-state index contributed by atoms with van der Waals surface area (Å²) in [5, 5.41) is 9.03. The second-order valence-electron chi connectivity index (χ2n) is 6.67. The fraction of sp³-hybridized carbons (Fsp3) is 0.400. The van der Waals surface area contributed by atoms with E-state index in [0.29, 0.717) is 18.2 Å². The van der Waals surface area contributed by atoms with Crippen molar-refractivity contribution in [2.45, 2.75) is 38.1 Å². The van der Waals surface area contributed by atoms with Crippen LogP contribution in [0.1, 0.15) is 40.1 Å². The van der Waals surface area contributed by atoms with E-state index in [1.807, 2.05) is 6.07 Å². The van der Waals surface area contributed by atoms with Crippen molar-refractivity contribution in [1.29, 1.82) is 0 Å². The van der Waals surface area contributed by atoms with Crippen molar-refractivity contribution in [2.24, 2.45) is 0 Å².